The van der Waals surface area contributed by atoms with E-state index in [1.165, 1.54) is 4.57 Å². The molecule has 0 radical (unpaired) electrons. The average molecular weight is 325 g/mol. The van der Waals surface area contributed by atoms with Crippen molar-refractivity contribution >= 4 is 16.9 Å². The lowest BCUT2D eigenvalue weighted by atomic mass is 10.1. The summed E-state index contributed by atoms with van der Waals surface area (Å²) >= 11 is 0. The van der Waals surface area contributed by atoms with Crippen LogP contribution in [0.2, 0.25) is 0 Å². The quantitative estimate of drug-likeness (QED) is 0.770. The van der Waals surface area contributed by atoms with Gasteiger partial charge in [-0.15, -0.1) is 0 Å². The molecule has 24 heavy (non-hydrogen) atoms. The van der Waals surface area contributed by atoms with Gasteiger partial charge in [0.15, 0.2) is 0 Å². The highest BCUT2D eigenvalue weighted by atomic mass is 16.2. The summed E-state index contributed by atoms with van der Waals surface area (Å²) in [7, 11) is 3.69. The molecule has 1 amide bonds. The van der Waals surface area contributed by atoms with E-state index in [1.807, 2.05) is 28.8 Å². The first-order chi connectivity index (χ1) is 11.5. The molecular formula is C17H19N5O2. The molecule has 0 bridgehead atoms. The molecule has 1 atom stereocenters. The second-order valence-corrected chi connectivity index (χ2v) is 6.35. The fraction of sp³-hybridized carbons (Fsp3) is 0.353. The van der Waals surface area contributed by atoms with E-state index in [9.17, 15) is 9.59 Å². The third kappa shape index (κ3) is 2.24. The number of rotatable bonds is 2. The van der Waals surface area contributed by atoms with E-state index in [-0.39, 0.29) is 17.5 Å². The number of amides is 1. The van der Waals surface area contributed by atoms with Crippen LogP contribution in [0.5, 0.6) is 0 Å². The molecule has 1 aromatic carbocycles. The van der Waals surface area contributed by atoms with E-state index in [4.69, 9.17) is 0 Å². The summed E-state index contributed by atoms with van der Waals surface area (Å²) in [4.78, 5) is 33.5. The first-order valence-electron chi connectivity index (χ1n) is 8.00. The number of hydrogen-bond donors (Lipinski definition) is 1. The third-order valence-electron chi connectivity index (χ3n) is 4.85. The number of carbonyl (C=O) groups excluding carboxylic acids is 1. The fourth-order valence-corrected chi connectivity index (χ4v) is 3.48. The molecule has 1 unspecified atom stereocenters. The maximum Gasteiger partial charge on any atom is 0.326 e. The van der Waals surface area contributed by atoms with Gasteiger partial charge in [0.1, 0.15) is 5.82 Å². The number of benzene rings is 1. The predicted octanol–water partition coefficient (Wildman–Crippen LogP) is 1.23. The third-order valence-corrected chi connectivity index (χ3v) is 4.85. The van der Waals surface area contributed by atoms with Crippen LogP contribution in [0.1, 0.15) is 28.5 Å². The Bertz CT molecular complexity index is 980. The number of nitrogens with zero attached hydrogens (tertiary/aromatic N) is 4. The number of nitrogens with one attached hydrogen (secondary N) is 1. The number of likely N-dealkylation sites (tertiary alicyclic amines) is 1. The average Bonchev–Trinajstić information content (AvgIpc) is 3.27. The Hall–Kier alpha value is -2.83. The van der Waals surface area contributed by atoms with Gasteiger partial charge in [0, 0.05) is 51.1 Å². The minimum atomic E-state index is -0.175. The van der Waals surface area contributed by atoms with Crippen LogP contribution in [-0.2, 0) is 14.1 Å². The molecule has 3 aromatic rings. The van der Waals surface area contributed by atoms with Gasteiger partial charge in [-0.05, 0) is 24.6 Å². The summed E-state index contributed by atoms with van der Waals surface area (Å²) in [6.45, 7) is 1.40. The minimum absolute atomic E-state index is 0.00156. The number of imidazole rings is 2. The second-order valence-electron chi connectivity index (χ2n) is 6.35. The molecule has 2 aromatic heterocycles. The van der Waals surface area contributed by atoms with E-state index >= 15 is 0 Å². The molecule has 1 aliphatic rings. The van der Waals surface area contributed by atoms with Gasteiger partial charge in [-0.25, -0.2) is 9.78 Å². The van der Waals surface area contributed by atoms with Crippen molar-refractivity contribution in [2.75, 3.05) is 13.1 Å². The molecule has 1 saturated heterocycles. The van der Waals surface area contributed by atoms with Gasteiger partial charge in [0.25, 0.3) is 5.91 Å². The van der Waals surface area contributed by atoms with Gasteiger partial charge in [-0.1, -0.05) is 0 Å². The first-order valence-corrected chi connectivity index (χ1v) is 8.00. The molecule has 0 spiro atoms. The van der Waals surface area contributed by atoms with Crippen LogP contribution in [0, 0.1) is 0 Å². The zero-order valence-electron chi connectivity index (χ0n) is 13.7. The Morgan fingerprint density at radius 1 is 1.33 bits per heavy atom. The molecule has 124 valence electrons. The summed E-state index contributed by atoms with van der Waals surface area (Å²) < 4.78 is 3.55. The highest BCUT2D eigenvalue weighted by Gasteiger charge is 2.30. The Balaban J connectivity index is 1.58. The van der Waals surface area contributed by atoms with Crippen molar-refractivity contribution in [3.05, 3.63) is 52.5 Å². The van der Waals surface area contributed by atoms with Gasteiger partial charge < -0.3 is 14.5 Å². The van der Waals surface area contributed by atoms with Crippen molar-refractivity contribution in [2.45, 2.75) is 12.3 Å². The van der Waals surface area contributed by atoms with Gasteiger partial charge in [-0.3, -0.25) is 9.36 Å². The summed E-state index contributed by atoms with van der Waals surface area (Å²) in [5, 5.41) is 0. The van der Waals surface area contributed by atoms with Gasteiger partial charge >= 0.3 is 5.69 Å². The maximum atomic E-state index is 12.8. The number of aromatic amines is 1. The predicted molar refractivity (Wildman–Crippen MR) is 90.0 cm³/mol. The number of aryl methyl sites for hydroxylation is 2. The largest absolute Gasteiger partial charge is 0.338 e. The number of aromatic nitrogens is 4. The van der Waals surface area contributed by atoms with Crippen molar-refractivity contribution in [2.24, 2.45) is 14.1 Å². The monoisotopic (exact) mass is 325 g/mol. The van der Waals surface area contributed by atoms with Crippen LogP contribution in [0.25, 0.3) is 11.0 Å². The fourth-order valence-electron chi connectivity index (χ4n) is 3.48. The van der Waals surface area contributed by atoms with Crippen LogP contribution >= 0.6 is 0 Å². The molecule has 7 heteroatoms. The lowest BCUT2D eigenvalue weighted by Crippen LogP contribution is -2.28. The van der Waals surface area contributed by atoms with Crippen molar-refractivity contribution in [3.8, 4) is 0 Å². The van der Waals surface area contributed by atoms with Crippen LogP contribution in [-0.4, -0.2) is 43.0 Å². The van der Waals surface area contributed by atoms with Crippen molar-refractivity contribution < 1.29 is 4.79 Å². The number of carbonyl (C=O) groups is 1. The lowest BCUT2D eigenvalue weighted by molar-refractivity contribution is 0.0790. The van der Waals surface area contributed by atoms with E-state index in [2.05, 4.69) is 9.97 Å². The summed E-state index contributed by atoms with van der Waals surface area (Å²) in [6.07, 6.45) is 4.64. The van der Waals surface area contributed by atoms with Crippen LogP contribution in [0.15, 0.2) is 35.4 Å². The number of fused-ring (bicyclic) bond motifs is 1. The van der Waals surface area contributed by atoms with E-state index < -0.39 is 0 Å². The smallest absolute Gasteiger partial charge is 0.326 e. The molecule has 1 aliphatic heterocycles. The summed E-state index contributed by atoms with van der Waals surface area (Å²) in [5.41, 5.74) is 1.91. The van der Waals surface area contributed by atoms with Gasteiger partial charge in [0.2, 0.25) is 0 Å². The van der Waals surface area contributed by atoms with E-state index in [0.717, 1.165) is 24.3 Å². The van der Waals surface area contributed by atoms with Crippen LogP contribution in [0.4, 0.5) is 0 Å². The highest BCUT2D eigenvalue weighted by Crippen LogP contribution is 2.27. The Morgan fingerprint density at radius 3 is 2.92 bits per heavy atom. The maximum absolute atomic E-state index is 12.8. The van der Waals surface area contributed by atoms with E-state index in [0.29, 0.717) is 17.6 Å². The molecule has 1 N–H and O–H groups in total. The zero-order chi connectivity index (χ0) is 16.8. The van der Waals surface area contributed by atoms with Gasteiger partial charge in [0.05, 0.1) is 11.0 Å². The van der Waals surface area contributed by atoms with Crippen LogP contribution in [0.3, 0.4) is 0 Å². The standard InChI is InChI=1S/C17H19N5O2/c1-20-8-6-18-15(20)12-5-7-22(10-12)16(23)11-3-4-14-13(9-11)19-17(24)21(14)2/h3-4,6,8-9,12H,5,7,10H2,1-2H3,(H,19,24). The van der Waals surface area contributed by atoms with Crippen molar-refractivity contribution in [1.29, 1.82) is 0 Å². The SMILES string of the molecule is Cn1ccnc1C1CCN(C(=O)c2ccc3c(c2)[nH]c(=O)n3C)C1. The van der Waals surface area contributed by atoms with Crippen LogP contribution < -0.4 is 5.69 Å². The summed E-state index contributed by atoms with van der Waals surface area (Å²) in [5.74, 6) is 1.29. The Labute approximate surface area is 138 Å². The number of hydrogen-bond acceptors (Lipinski definition) is 3. The summed E-state index contributed by atoms with van der Waals surface area (Å²) in [6, 6.07) is 5.35. The molecule has 7 nitrogen and oxygen atoms in total. The van der Waals surface area contributed by atoms with Crippen molar-refractivity contribution in [1.82, 2.24) is 24.0 Å². The normalized spacial score (nSPS) is 17.8. The minimum Gasteiger partial charge on any atom is -0.338 e. The molecule has 0 aliphatic carbocycles. The topological polar surface area (TPSA) is 75.9 Å². The number of H-pyrrole nitrogens is 1. The molecule has 1 fully saturated rings. The lowest BCUT2D eigenvalue weighted by Gasteiger charge is -2.16. The second kappa shape index (κ2) is 5.36. The molecule has 4 rings (SSSR count). The van der Waals surface area contributed by atoms with Gasteiger partial charge in [-0.2, -0.15) is 0 Å². The molecule has 0 saturated carbocycles. The van der Waals surface area contributed by atoms with E-state index in [1.54, 1.807) is 25.4 Å². The zero-order valence-corrected chi connectivity index (χ0v) is 13.7. The van der Waals surface area contributed by atoms with Crippen molar-refractivity contribution in [3.63, 3.8) is 0 Å². The Kier molecular flexibility index (Phi) is 3.30. The Morgan fingerprint density at radius 2 is 2.17 bits per heavy atom. The first kappa shape index (κ1) is 14.7. The highest BCUT2D eigenvalue weighted by molar-refractivity contribution is 5.97. The molecule has 3 heterocycles. The molecular weight excluding hydrogens is 306 g/mol.